The zero-order chi connectivity index (χ0) is 91.9. The normalized spacial score (nSPS) is 13.5. The zero-order valence-corrected chi connectivity index (χ0v) is 69.8. The van der Waals surface area contributed by atoms with Gasteiger partial charge in [-0.05, 0) is 122 Å². The highest BCUT2D eigenvalue weighted by molar-refractivity contribution is 7.80. The summed E-state index contributed by atoms with van der Waals surface area (Å²) in [4.78, 5) is 183. The molecule has 13 amide bonds. The van der Waals surface area contributed by atoms with Gasteiger partial charge in [0.25, 0.3) is 0 Å². The third kappa shape index (κ3) is 51.7. The fourth-order valence-corrected chi connectivity index (χ4v) is 11.2. The van der Waals surface area contributed by atoms with Gasteiger partial charge in [0.2, 0.25) is 76.8 Å². The molecule has 0 aliphatic rings. The minimum absolute atomic E-state index is 0.00402. The smallest absolute Gasteiger partial charge is 0.243 e. The molecule has 0 aromatic heterocycles. The van der Waals surface area contributed by atoms with Crippen LogP contribution in [0.1, 0.15) is 143 Å². The van der Waals surface area contributed by atoms with E-state index in [1.165, 1.54) is 6.92 Å². The Hall–Kier alpha value is -13.1. The van der Waals surface area contributed by atoms with Crippen LogP contribution >= 0.6 is 12.6 Å². The van der Waals surface area contributed by atoms with Gasteiger partial charge in [0.05, 0.1) is 6.54 Å². The van der Waals surface area contributed by atoms with E-state index < -0.39 is 209 Å². The van der Waals surface area contributed by atoms with Crippen molar-refractivity contribution >= 4 is 143 Å². The van der Waals surface area contributed by atoms with Gasteiger partial charge >= 0.3 is 0 Å². The number of hydrogen-bond donors (Lipinski definition) is 41. The average Bonchev–Trinajstić information content (AvgIpc) is 0.861. The van der Waals surface area contributed by atoms with Crippen molar-refractivity contribution in [3.8, 4) is 0 Å². The first-order valence-electron chi connectivity index (χ1n) is 39.0. The van der Waals surface area contributed by atoms with Gasteiger partial charge in [0, 0.05) is 70.1 Å². The Bertz CT molecular complexity index is 3510. The Morgan fingerprint density at radius 3 is 0.570 bits per heavy atom. The first-order valence-corrected chi connectivity index (χ1v) is 39.6. The fourth-order valence-electron chi connectivity index (χ4n) is 10.9. The monoisotopic (exact) mass is 1740 g/mol. The Morgan fingerprint density at radius 1 is 0.256 bits per heavy atom. The van der Waals surface area contributed by atoms with Gasteiger partial charge < -0.3 is 169 Å². The molecule has 0 fully saturated rings. The van der Waals surface area contributed by atoms with Crippen LogP contribution < -0.4 is 169 Å². The molecule has 0 unspecified atom stereocenters. The number of nitrogens with one attached hydrogen (secondary N) is 30. The summed E-state index contributed by atoms with van der Waals surface area (Å²) in [7, 11) is 0. The molecular formula is C67H132N40O13S. The van der Waals surface area contributed by atoms with Crippen LogP contribution in [0.5, 0.6) is 0 Å². The molecule has 121 heavy (non-hydrogen) atoms. The molecule has 0 rings (SSSR count). The van der Waals surface area contributed by atoms with E-state index in [0.29, 0.717) is 0 Å². The predicted octanol–water partition coefficient (Wildman–Crippen LogP) is -12.7. The molecule has 684 valence electrons. The Kier molecular flexibility index (Phi) is 53.1. The van der Waals surface area contributed by atoms with Gasteiger partial charge in [0.1, 0.15) is 66.5 Å². The van der Waals surface area contributed by atoms with Gasteiger partial charge in [-0.3, -0.25) is 111 Å². The number of hydrogen-bond acceptors (Lipinski definition) is 23. The lowest BCUT2D eigenvalue weighted by atomic mass is 9.95. The minimum Gasteiger partial charge on any atom is -0.370 e. The average molecular weight is 1740 g/mol. The Labute approximate surface area is 706 Å². The van der Waals surface area contributed by atoms with Gasteiger partial charge in [-0.1, -0.05) is 20.8 Å². The number of nitrogens with two attached hydrogens (primary N) is 10. The van der Waals surface area contributed by atoms with Crippen molar-refractivity contribution in [3.63, 3.8) is 0 Å². The van der Waals surface area contributed by atoms with Crippen molar-refractivity contribution in [1.82, 2.24) is 112 Å². The molecule has 50 N–H and O–H groups in total. The maximum absolute atomic E-state index is 15.0. The quantitative estimate of drug-likeness (QED) is 0.0116. The summed E-state index contributed by atoms with van der Waals surface area (Å²) >= 11 is 4.09. The predicted molar refractivity (Wildman–Crippen MR) is 455 cm³/mol. The molecule has 0 saturated heterocycles. The van der Waals surface area contributed by atoms with Crippen LogP contribution in [0.2, 0.25) is 0 Å². The molecule has 0 aromatic rings. The highest BCUT2D eigenvalue weighted by atomic mass is 32.1. The molecular weight excluding hydrogens is 1610 g/mol. The molecule has 11 atom stereocenters. The maximum Gasteiger partial charge on any atom is 0.243 e. The van der Waals surface area contributed by atoms with E-state index in [2.05, 4.69) is 124 Å². The second kappa shape index (κ2) is 59.5. The summed E-state index contributed by atoms with van der Waals surface area (Å²) in [6.07, 6.45) is -1.99. The number of thiol groups is 1. The molecule has 0 aliphatic carbocycles. The van der Waals surface area contributed by atoms with Crippen molar-refractivity contribution in [1.29, 1.82) is 48.7 Å². The molecule has 54 heteroatoms. The summed E-state index contributed by atoms with van der Waals surface area (Å²) in [5, 5.41) is 123. The van der Waals surface area contributed by atoms with Crippen LogP contribution in [-0.2, 0) is 62.3 Å². The Balaban J connectivity index is 8.08. The SMILES string of the molecule is C[C@H](NC(=O)C(C)(C)C)C(=O)NCC(=O)N[C@H](CCCNC(=N)N)C(=O)N[C@H](CCCNC(=N)N)C(=O)N[C@H](CCCNC(=N)N)C(=O)N[C@H](CCCNC(=N)N)C(=O)N[C@H](CCCNC(=N)N)C(=O)N[C@H](CCCNC(=N)N)C(=O)N[C@H](CCCNC(=N)N)C(=O)N[C@H](CCCNC(=N)N)C(=O)N[C@H](CCCNC(=N)N)C(=O)N[C@H](CS)C(N)=O. The van der Waals surface area contributed by atoms with E-state index in [-0.39, 0.29) is 180 Å². The van der Waals surface area contributed by atoms with E-state index in [1.54, 1.807) is 20.8 Å². The van der Waals surface area contributed by atoms with Gasteiger partial charge in [-0.2, -0.15) is 12.6 Å². The number of carbonyl (C=O) groups excluding carboxylic acids is 13. The van der Waals surface area contributed by atoms with Crippen molar-refractivity contribution < 1.29 is 62.3 Å². The summed E-state index contributed by atoms with van der Waals surface area (Å²) in [5.41, 5.74) is 54.5. The third-order valence-electron chi connectivity index (χ3n) is 17.3. The molecule has 0 aromatic carbocycles. The molecule has 0 saturated carbocycles. The third-order valence-corrected chi connectivity index (χ3v) is 17.6. The van der Waals surface area contributed by atoms with Crippen molar-refractivity contribution in [2.24, 2.45) is 62.8 Å². The lowest BCUT2D eigenvalue weighted by molar-refractivity contribution is -0.136. The molecule has 0 aliphatic heterocycles. The van der Waals surface area contributed by atoms with E-state index >= 15 is 9.59 Å². The van der Waals surface area contributed by atoms with E-state index in [4.69, 9.17) is 106 Å². The Morgan fingerprint density at radius 2 is 0.421 bits per heavy atom. The first kappa shape index (κ1) is 108. The van der Waals surface area contributed by atoms with Crippen LogP contribution in [0.3, 0.4) is 0 Å². The second-order valence-electron chi connectivity index (χ2n) is 28.8. The van der Waals surface area contributed by atoms with E-state index in [0.717, 1.165) is 0 Å². The number of amides is 13. The number of carbonyl (C=O) groups is 13. The standard InChI is InChI=1S/C67H132N40O13S/c1-34(97-57(120)67(2,3)4)47(110)96-32-45(108)98-35(14-5-23-87-58(69)70)48(111)99-36(15-6-24-88-59(71)72)49(112)100-37(16-7-25-89-60(73)74)50(113)101-38(17-8-26-90-61(75)76)51(114)102-39(18-9-27-91-62(77)78)52(115)103-40(19-10-28-92-63(79)80)53(116)104-41(20-11-29-93-64(81)82)54(117)105-42(21-12-30-94-65(83)84)55(118)106-43(22-13-31-95-66(85)86)56(119)107-44(33-121)46(68)109/h34-44,121H,5-33H2,1-4H3,(H2,68,109)(H,96,110)(H,97,120)(H,98,108)(H,99,111)(H,100,112)(H,101,113)(H,102,114)(H,103,115)(H,104,116)(H,105,117)(H,106,118)(H,107,119)(H4,69,70,87)(H4,71,72,88)(H4,73,74,89)(H4,75,76,90)(H4,77,78,91)(H4,79,80,92)(H4,81,82,93)(H4,83,84,94)(H4,85,86,95)/t34-,35+,36+,37+,38+,39+,40+,41+,42+,43+,44+/m0/s1. The van der Waals surface area contributed by atoms with Crippen LogP contribution in [0.15, 0.2) is 0 Å². The molecule has 53 nitrogen and oxygen atoms in total. The molecule has 0 bridgehead atoms. The van der Waals surface area contributed by atoms with Crippen molar-refractivity contribution in [2.75, 3.05) is 71.2 Å². The summed E-state index contributed by atoms with van der Waals surface area (Å²) in [6.45, 7) is 5.34. The van der Waals surface area contributed by atoms with Gasteiger partial charge in [0.15, 0.2) is 53.6 Å². The van der Waals surface area contributed by atoms with Gasteiger partial charge in [-0.25, -0.2) is 0 Å². The second-order valence-corrected chi connectivity index (χ2v) is 29.1. The minimum atomic E-state index is -1.66. The van der Waals surface area contributed by atoms with Crippen LogP contribution in [0, 0.1) is 54.1 Å². The van der Waals surface area contributed by atoms with E-state index in [1.807, 2.05) is 0 Å². The number of guanidine groups is 9. The number of rotatable bonds is 61. The summed E-state index contributed by atoms with van der Waals surface area (Å²) in [5.74, 6) is -16.3. The number of primary amides is 1. The highest BCUT2D eigenvalue weighted by Crippen LogP contribution is 2.15. The van der Waals surface area contributed by atoms with E-state index in [9.17, 15) is 52.7 Å². The maximum atomic E-state index is 15.0. The lowest BCUT2D eigenvalue weighted by Gasteiger charge is -2.29. The lowest BCUT2D eigenvalue weighted by Crippen LogP contribution is -2.61. The first-order chi connectivity index (χ1) is 56.8. The van der Waals surface area contributed by atoms with Crippen molar-refractivity contribution in [2.45, 2.75) is 210 Å². The zero-order valence-electron chi connectivity index (χ0n) is 68.9. The largest absolute Gasteiger partial charge is 0.370 e. The molecule has 0 spiro atoms. The van der Waals surface area contributed by atoms with Crippen LogP contribution in [0.25, 0.3) is 0 Å². The van der Waals surface area contributed by atoms with Crippen LogP contribution in [-0.4, -0.2) is 268 Å². The van der Waals surface area contributed by atoms with Crippen molar-refractivity contribution in [3.05, 3.63) is 0 Å². The molecule has 0 heterocycles. The highest BCUT2D eigenvalue weighted by Gasteiger charge is 2.37. The molecule has 0 radical (unpaired) electrons. The van der Waals surface area contributed by atoms with Gasteiger partial charge in [-0.15, -0.1) is 0 Å². The fraction of sp³-hybridized carbons (Fsp3) is 0.672. The van der Waals surface area contributed by atoms with Crippen LogP contribution in [0.4, 0.5) is 0 Å². The summed E-state index contributed by atoms with van der Waals surface area (Å²) < 4.78 is 0. The topological polar surface area (TPSA) is 949 Å². The summed E-state index contributed by atoms with van der Waals surface area (Å²) in [6, 6.07) is -16.5.